The van der Waals surface area contributed by atoms with Gasteiger partial charge >= 0.3 is 0 Å². The van der Waals surface area contributed by atoms with Crippen molar-refractivity contribution in [1.29, 1.82) is 0 Å². The van der Waals surface area contributed by atoms with Gasteiger partial charge in [-0.15, -0.1) is 0 Å². The quantitative estimate of drug-likeness (QED) is 0.0617. The van der Waals surface area contributed by atoms with Crippen LogP contribution in [0, 0.1) is 11.6 Å². The van der Waals surface area contributed by atoms with E-state index in [1.54, 1.807) is 72.8 Å². The zero-order chi connectivity index (χ0) is 55.1. The lowest BCUT2D eigenvalue weighted by Gasteiger charge is -2.40. The molecule has 2 atom stereocenters. The number of nitrogens with zero attached hydrogens (tertiary/aromatic N) is 4. The van der Waals surface area contributed by atoms with Crippen molar-refractivity contribution in [2.45, 2.75) is 87.8 Å². The van der Waals surface area contributed by atoms with E-state index in [1.165, 1.54) is 61.2 Å². The zero-order valence-corrected chi connectivity index (χ0v) is 45.2. The highest BCUT2D eigenvalue weighted by atomic mass is 35.5. The summed E-state index contributed by atoms with van der Waals surface area (Å²) in [6, 6.07) is 25.3. The smallest absolute Gasteiger partial charge is 0.257 e. The fourth-order valence-corrected chi connectivity index (χ4v) is 10.2. The predicted octanol–water partition coefficient (Wildman–Crippen LogP) is 10.3. The number of amides is 2. The van der Waals surface area contributed by atoms with Gasteiger partial charge in [-0.2, -0.15) is 0 Å². The number of Topliss-reactive ketones (excluding diaryl/α,β-unsaturated/α-hetero) is 1. The van der Waals surface area contributed by atoms with Gasteiger partial charge in [-0.1, -0.05) is 70.7 Å². The third kappa shape index (κ3) is 11.4. The maximum Gasteiger partial charge on any atom is 0.257 e. The zero-order valence-electron chi connectivity index (χ0n) is 42.1. The van der Waals surface area contributed by atoms with E-state index in [9.17, 15) is 29.7 Å². The Morgan fingerprint density at radius 3 is 1.38 bits per heavy atom. The molecule has 0 spiro atoms. The van der Waals surface area contributed by atoms with Crippen LogP contribution in [-0.2, 0) is 49.1 Å². The molecule has 0 bridgehead atoms. The highest BCUT2D eigenvalue weighted by Gasteiger charge is 2.59. The minimum atomic E-state index is -1.71. The van der Waals surface area contributed by atoms with Crippen molar-refractivity contribution in [2.24, 2.45) is 0 Å². The van der Waals surface area contributed by atoms with Crippen LogP contribution in [0.1, 0.15) is 117 Å². The summed E-state index contributed by atoms with van der Waals surface area (Å²) < 4.78 is 57.2. The van der Waals surface area contributed by atoms with Crippen molar-refractivity contribution in [2.75, 3.05) is 39.6 Å². The van der Waals surface area contributed by atoms with Crippen LogP contribution in [0.25, 0.3) is 0 Å². The molecule has 404 valence electrons. The summed E-state index contributed by atoms with van der Waals surface area (Å²) in [6.45, 7) is 4.35. The number of fused-ring (bicyclic) bond motifs is 2. The number of pyridine rings is 2. The van der Waals surface area contributed by atoms with Crippen LogP contribution in [0.15, 0.2) is 109 Å². The minimum absolute atomic E-state index is 0.00161. The average Bonchev–Trinajstić information content (AvgIpc) is 4.46. The number of benzene rings is 4. The number of ketones is 1. The van der Waals surface area contributed by atoms with E-state index in [2.05, 4.69) is 9.97 Å². The molecular weight excluding hydrogens is 1080 g/mol. The number of aromatic nitrogens is 2. The standard InChI is InChI=1S/C29H29Cl2FN2O5.C28H25Cl2FN2O5/c1-27(2,37)19-13-23-25(24(32)14-19)29(18-3-5-20(30)6-4-18,39-17-28(9-10-28)38-12-11-35)34(26(23)36)16-22-8-7-21(31)15-33-22;1-17(35)18-12-23-25(24(31)13-18)28(19-2-4-20(29)5-3-19,38-16-27(8-9-27)37-11-10-34)33(26(23)36)15-22-7-6-21(30)14-32-22/h3-8,13-15,35,37H,9-12,16-17H2,1-2H3;2-7,12-14,34H,8-11,15-16H2,1H3/t29-;/m1./s1. The van der Waals surface area contributed by atoms with Crippen LogP contribution in [-0.4, -0.2) is 104 Å². The molecule has 4 aromatic carbocycles. The molecular formula is C57H54Cl4F2N4O10. The Morgan fingerprint density at radius 2 is 1.01 bits per heavy atom. The number of hydrogen-bond donors (Lipinski definition) is 3. The molecule has 2 aliphatic carbocycles. The minimum Gasteiger partial charge on any atom is -0.394 e. The first-order chi connectivity index (χ1) is 36.7. The lowest BCUT2D eigenvalue weighted by atomic mass is 9.88. The van der Waals surface area contributed by atoms with Crippen LogP contribution < -0.4 is 0 Å². The monoisotopic (exact) mass is 1130 g/mol. The molecule has 20 heteroatoms. The highest BCUT2D eigenvalue weighted by Crippen LogP contribution is 2.53. The van der Waals surface area contributed by atoms with Gasteiger partial charge in [0.2, 0.25) is 0 Å². The predicted molar refractivity (Wildman–Crippen MR) is 283 cm³/mol. The van der Waals surface area contributed by atoms with Crippen LogP contribution in [0.4, 0.5) is 8.78 Å². The molecule has 4 aliphatic rings. The molecule has 2 saturated carbocycles. The second kappa shape index (κ2) is 22.3. The molecule has 77 heavy (non-hydrogen) atoms. The van der Waals surface area contributed by atoms with Crippen molar-refractivity contribution >= 4 is 64.0 Å². The lowest BCUT2D eigenvalue weighted by molar-refractivity contribution is -0.151. The summed E-state index contributed by atoms with van der Waals surface area (Å²) in [5.74, 6) is -2.81. The number of ether oxygens (including phenoxy) is 4. The first-order valence-corrected chi connectivity index (χ1v) is 26.3. The van der Waals surface area contributed by atoms with E-state index >= 15 is 8.78 Å². The Balaban J connectivity index is 0.000000188. The van der Waals surface area contributed by atoms with Gasteiger partial charge in [-0.3, -0.25) is 34.2 Å². The first kappa shape index (κ1) is 56.3. The van der Waals surface area contributed by atoms with E-state index in [0.717, 1.165) is 6.07 Å². The van der Waals surface area contributed by atoms with Crippen molar-refractivity contribution in [3.05, 3.63) is 197 Å². The van der Waals surface area contributed by atoms with Gasteiger partial charge in [0.1, 0.15) is 11.6 Å². The fraction of sp³-hybridized carbons (Fsp3) is 0.351. The third-order valence-electron chi connectivity index (χ3n) is 14.1. The maximum atomic E-state index is 16.2. The molecule has 0 radical (unpaired) electrons. The maximum absolute atomic E-state index is 16.2. The van der Waals surface area contributed by atoms with Crippen molar-refractivity contribution in [1.82, 2.24) is 19.8 Å². The Hall–Kier alpha value is -5.47. The van der Waals surface area contributed by atoms with Gasteiger partial charge in [0.05, 0.1) is 113 Å². The second-order valence-corrected chi connectivity index (χ2v) is 21.7. The van der Waals surface area contributed by atoms with Gasteiger partial charge in [0.25, 0.3) is 11.8 Å². The Kier molecular flexibility index (Phi) is 16.3. The molecule has 2 amide bonds. The number of aliphatic hydroxyl groups is 3. The molecule has 2 aliphatic heterocycles. The van der Waals surface area contributed by atoms with Crippen molar-refractivity contribution < 1.29 is 57.4 Å². The fourth-order valence-electron chi connectivity index (χ4n) is 9.69. The molecule has 6 aromatic rings. The normalized spacial score (nSPS) is 19.7. The van der Waals surface area contributed by atoms with E-state index in [-0.39, 0.29) is 91.9 Å². The van der Waals surface area contributed by atoms with Crippen LogP contribution in [0.3, 0.4) is 0 Å². The van der Waals surface area contributed by atoms with Crippen LogP contribution >= 0.6 is 46.4 Å². The SMILES string of the molecule is CC(=O)c1cc(F)c2c(c1)C(=O)N(Cc1ccc(Cl)cn1)C2(OCC1(OCCO)CC1)c1ccc(Cl)cc1.CC(C)(O)c1cc(F)c2c(c1)C(=O)N(Cc1ccc(Cl)cn1)[C@@]2(OCC1(OCCO)CC1)c1ccc(Cl)cc1. The molecule has 14 nitrogen and oxygen atoms in total. The summed E-state index contributed by atoms with van der Waals surface area (Å²) in [6.07, 6.45) is 5.72. The lowest BCUT2D eigenvalue weighted by Crippen LogP contribution is -2.48. The number of rotatable bonds is 20. The molecule has 4 heterocycles. The summed E-state index contributed by atoms with van der Waals surface area (Å²) in [4.78, 5) is 51.8. The van der Waals surface area contributed by atoms with Crippen LogP contribution in [0.5, 0.6) is 0 Å². The Morgan fingerprint density at radius 1 is 0.610 bits per heavy atom. The van der Waals surface area contributed by atoms with E-state index in [1.807, 2.05) is 0 Å². The van der Waals surface area contributed by atoms with Gasteiger partial charge in [0, 0.05) is 39.1 Å². The summed E-state index contributed by atoms with van der Waals surface area (Å²) in [5, 5.41) is 31.0. The molecule has 3 N–H and O–H groups in total. The van der Waals surface area contributed by atoms with Crippen molar-refractivity contribution in [3.63, 3.8) is 0 Å². The molecule has 1 unspecified atom stereocenters. The van der Waals surface area contributed by atoms with Gasteiger partial charge in [0.15, 0.2) is 17.2 Å². The van der Waals surface area contributed by atoms with Crippen LogP contribution in [0.2, 0.25) is 20.1 Å². The molecule has 0 saturated heterocycles. The highest BCUT2D eigenvalue weighted by molar-refractivity contribution is 6.31. The molecule has 2 aromatic heterocycles. The average molecular weight is 1130 g/mol. The van der Waals surface area contributed by atoms with Gasteiger partial charge < -0.3 is 34.3 Å². The number of halogens is 6. The van der Waals surface area contributed by atoms with Gasteiger partial charge in [-0.25, -0.2) is 8.78 Å². The van der Waals surface area contributed by atoms with E-state index < -0.39 is 51.7 Å². The Labute approximate surface area is 463 Å². The summed E-state index contributed by atoms with van der Waals surface area (Å²) >= 11 is 24.4. The van der Waals surface area contributed by atoms with E-state index in [4.69, 9.17) is 65.4 Å². The van der Waals surface area contributed by atoms with Gasteiger partial charge in [-0.05, 0) is 125 Å². The largest absolute Gasteiger partial charge is 0.394 e. The van der Waals surface area contributed by atoms with Crippen molar-refractivity contribution in [3.8, 4) is 0 Å². The number of hydrogen-bond acceptors (Lipinski definition) is 12. The topological polar surface area (TPSA) is 181 Å². The summed E-state index contributed by atoms with van der Waals surface area (Å²) in [5.41, 5.74) is -3.65. The molecule has 2 fully saturated rings. The second-order valence-electron chi connectivity index (χ2n) is 20.0. The molecule has 10 rings (SSSR count). The number of aliphatic hydroxyl groups excluding tert-OH is 2. The van der Waals surface area contributed by atoms with E-state index in [0.29, 0.717) is 68.3 Å². The first-order valence-electron chi connectivity index (χ1n) is 24.7. The summed E-state index contributed by atoms with van der Waals surface area (Å²) in [7, 11) is 0. The number of carbonyl (C=O) groups excluding carboxylic acids is 3. The number of carbonyl (C=O) groups is 3. The Bertz CT molecular complexity index is 3180. The third-order valence-corrected chi connectivity index (χ3v) is 15.0.